The van der Waals surface area contributed by atoms with Gasteiger partial charge in [0.05, 0.1) is 10.6 Å². The number of benzene rings is 1. The summed E-state index contributed by atoms with van der Waals surface area (Å²) in [6.07, 6.45) is 0. The molecule has 1 amide bonds. The minimum absolute atomic E-state index is 0.0137. The normalized spacial score (nSPS) is 16.1. The number of halogens is 1. The molecular formula is C18H22FN3O4S. The Balaban J connectivity index is 1.74. The molecule has 1 aromatic carbocycles. The molecule has 0 bridgehead atoms. The fourth-order valence-electron chi connectivity index (χ4n) is 3.11. The third kappa shape index (κ3) is 3.74. The molecule has 0 aliphatic carbocycles. The van der Waals surface area contributed by atoms with Gasteiger partial charge in [-0.2, -0.15) is 4.31 Å². The van der Waals surface area contributed by atoms with E-state index < -0.39 is 15.8 Å². The van der Waals surface area contributed by atoms with Gasteiger partial charge in [0.2, 0.25) is 10.0 Å². The van der Waals surface area contributed by atoms with E-state index in [2.05, 4.69) is 5.16 Å². The van der Waals surface area contributed by atoms with Crippen LogP contribution in [0.1, 0.15) is 41.6 Å². The first kappa shape index (κ1) is 19.5. The van der Waals surface area contributed by atoms with Gasteiger partial charge in [-0.05, 0) is 25.1 Å². The average molecular weight is 395 g/mol. The summed E-state index contributed by atoms with van der Waals surface area (Å²) in [5, 5.41) is 3.89. The Bertz CT molecular complexity index is 947. The summed E-state index contributed by atoms with van der Waals surface area (Å²) in [6, 6.07) is 4.93. The standard InChI is InChI=1S/C18H22FN3O4S/c1-12(2)17-16(13(3)20-26-17)18(23)21-7-9-22(10-8-21)27(24,25)15-6-4-5-14(19)11-15/h4-6,11-12H,7-10H2,1-3H3. The minimum atomic E-state index is -3.79. The van der Waals surface area contributed by atoms with Gasteiger partial charge < -0.3 is 9.42 Å². The predicted octanol–water partition coefficient (Wildman–Crippen LogP) is 2.39. The maximum Gasteiger partial charge on any atom is 0.259 e. The molecule has 2 heterocycles. The number of hydrogen-bond acceptors (Lipinski definition) is 5. The lowest BCUT2D eigenvalue weighted by atomic mass is 10.0. The Kier molecular flexibility index (Phi) is 5.34. The summed E-state index contributed by atoms with van der Waals surface area (Å²) in [5.41, 5.74) is 0.977. The molecule has 0 N–H and O–H groups in total. The summed E-state index contributed by atoms with van der Waals surface area (Å²) in [5.74, 6) is -0.263. The van der Waals surface area contributed by atoms with Crippen LogP contribution in [0, 0.1) is 12.7 Å². The van der Waals surface area contributed by atoms with E-state index >= 15 is 0 Å². The number of amides is 1. The van der Waals surface area contributed by atoms with Gasteiger partial charge in [-0.1, -0.05) is 25.1 Å². The maximum atomic E-state index is 13.4. The van der Waals surface area contributed by atoms with Gasteiger partial charge in [-0.3, -0.25) is 4.79 Å². The first-order valence-corrected chi connectivity index (χ1v) is 10.2. The van der Waals surface area contributed by atoms with E-state index in [0.717, 1.165) is 6.07 Å². The van der Waals surface area contributed by atoms with Crippen LogP contribution in [-0.2, 0) is 10.0 Å². The zero-order valence-electron chi connectivity index (χ0n) is 15.5. The number of aromatic nitrogens is 1. The van der Waals surface area contributed by atoms with Crippen molar-refractivity contribution in [3.8, 4) is 0 Å². The van der Waals surface area contributed by atoms with Gasteiger partial charge in [-0.15, -0.1) is 0 Å². The van der Waals surface area contributed by atoms with Crippen LogP contribution in [-0.4, -0.2) is 54.9 Å². The Labute approximate surface area is 157 Å². The molecular weight excluding hydrogens is 373 g/mol. The molecule has 1 fully saturated rings. The van der Waals surface area contributed by atoms with Gasteiger partial charge in [0.15, 0.2) is 5.76 Å². The van der Waals surface area contributed by atoms with Gasteiger partial charge in [-0.25, -0.2) is 12.8 Å². The summed E-state index contributed by atoms with van der Waals surface area (Å²) in [4.78, 5) is 14.4. The summed E-state index contributed by atoms with van der Waals surface area (Å²) < 4.78 is 45.3. The second kappa shape index (κ2) is 7.40. The molecule has 3 rings (SSSR count). The van der Waals surface area contributed by atoms with Crippen molar-refractivity contribution in [2.75, 3.05) is 26.2 Å². The van der Waals surface area contributed by atoms with E-state index in [1.807, 2.05) is 13.8 Å². The molecule has 27 heavy (non-hydrogen) atoms. The summed E-state index contributed by atoms with van der Waals surface area (Å²) in [7, 11) is -3.79. The molecule has 1 aliphatic rings. The van der Waals surface area contributed by atoms with E-state index in [4.69, 9.17) is 4.52 Å². The van der Waals surface area contributed by atoms with Gasteiger partial charge in [0.25, 0.3) is 5.91 Å². The second-order valence-corrected chi connectivity index (χ2v) is 8.75. The Hall–Kier alpha value is -2.26. The van der Waals surface area contributed by atoms with E-state index in [9.17, 15) is 17.6 Å². The Morgan fingerprint density at radius 1 is 1.22 bits per heavy atom. The SMILES string of the molecule is Cc1noc(C(C)C)c1C(=O)N1CCN(S(=O)(=O)c2cccc(F)c2)CC1. The van der Waals surface area contributed by atoms with Gasteiger partial charge >= 0.3 is 0 Å². The smallest absolute Gasteiger partial charge is 0.259 e. The van der Waals surface area contributed by atoms with Crippen LogP contribution >= 0.6 is 0 Å². The highest BCUT2D eigenvalue weighted by atomic mass is 32.2. The Morgan fingerprint density at radius 3 is 2.48 bits per heavy atom. The summed E-state index contributed by atoms with van der Waals surface area (Å²) >= 11 is 0. The lowest BCUT2D eigenvalue weighted by molar-refractivity contribution is 0.0694. The molecule has 9 heteroatoms. The molecule has 0 saturated carbocycles. The number of nitrogens with zero attached hydrogens (tertiary/aromatic N) is 3. The second-order valence-electron chi connectivity index (χ2n) is 6.82. The van der Waals surface area contributed by atoms with Gasteiger partial charge in [0.1, 0.15) is 11.4 Å². The van der Waals surface area contributed by atoms with Crippen LogP contribution in [0.15, 0.2) is 33.7 Å². The van der Waals surface area contributed by atoms with E-state index in [-0.39, 0.29) is 42.9 Å². The molecule has 7 nitrogen and oxygen atoms in total. The number of rotatable bonds is 4. The van der Waals surface area contributed by atoms with Crippen LogP contribution in [0.5, 0.6) is 0 Å². The average Bonchev–Trinajstić information content (AvgIpc) is 3.03. The van der Waals surface area contributed by atoms with E-state index in [1.54, 1.807) is 11.8 Å². The zero-order valence-corrected chi connectivity index (χ0v) is 16.3. The number of carbonyl (C=O) groups is 1. The zero-order chi connectivity index (χ0) is 19.8. The molecule has 1 aromatic heterocycles. The third-order valence-corrected chi connectivity index (χ3v) is 6.48. The molecule has 0 spiro atoms. The third-order valence-electron chi connectivity index (χ3n) is 4.59. The van der Waals surface area contributed by atoms with Crippen LogP contribution in [0.3, 0.4) is 0 Å². The predicted molar refractivity (Wildman–Crippen MR) is 96.4 cm³/mol. The van der Waals surface area contributed by atoms with Crippen LogP contribution in [0.25, 0.3) is 0 Å². The maximum absolute atomic E-state index is 13.4. The van der Waals surface area contributed by atoms with E-state index in [1.165, 1.54) is 22.5 Å². The monoisotopic (exact) mass is 395 g/mol. The van der Waals surface area contributed by atoms with Crippen molar-refractivity contribution >= 4 is 15.9 Å². The highest BCUT2D eigenvalue weighted by Gasteiger charge is 2.33. The number of aryl methyl sites for hydroxylation is 1. The molecule has 0 atom stereocenters. The van der Waals surface area contributed by atoms with Crippen LogP contribution < -0.4 is 0 Å². The van der Waals surface area contributed by atoms with Crippen molar-refractivity contribution < 1.29 is 22.1 Å². The lowest BCUT2D eigenvalue weighted by Crippen LogP contribution is -2.50. The van der Waals surface area contributed by atoms with Crippen molar-refractivity contribution in [1.29, 1.82) is 0 Å². The van der Waals surface area contributed by atoms with Crippen molar-refractivity contribution in [1.82, 2.24) is 14.4 Å². The van der Waals surface area contributed by atoms with Crippen molar-refractivity contribution in [2.24, 2.45) is 0 Å². The number of hydrogen-bond donors (Lipinski definition) is 0. The molecule has 0 radical (unpaired) electrons. The van der Waals surface area contributed by atoms with Crippen LogP contribution in [0.2, 0.25) is 0 Å². The number of sulfonamides is 1. The lowest BCUT2D eigenvalue weighted by Gasteiger charge is -2.34. The van der Waals surface area contributed by atoms with Crippen molar-refractivity contribution in [3.63, 3.8) is 0 Å². The molecule has 146 valence electrons. The van der Waals surface area contributed by atoms with Crippen molar-refractivity contribution in [3.05, 3.63) is 47.1 Å². The molecule has 1 aliphatic heterocycles. The highest BCUT2D eigenvalue weighted by Crippen LogP contribution is 2.25. The number of piperazine rings is 1. The first-order chi connectivity index (χ1) is 12.7. The Morgan fingerprint density at radius 2 is 1.89 bits per heavy atom. The highest BCUT2D eigenvalue weighted by molar-refractivity contribution is 7.89. The minimum Gasteiger partial charge on any atom is -0.360 e. The fourth-order valence-corrected chi connectivity index (χ4v) is 4.56. The van der Waals surface area contributed by atoms with E-state index in [0.29, 0.717) is 17.0 Å². The topological polar surface area (TPSA) is 83.7 Å². The van der Waals surface area contributed by atoms with Crippen molar-refractivity contribution in [2.45, 2.75) is 31.6 Å². The quantitative estimate of drug-likeness (QED) is 0.794. The largest absolute Gasteiger partial charge is 0.360 e. The molecule has 0 unspecified atom stereocenters. The van der Waals surface area contributed by atoms with Crippen LogP contribution in [0.4, 0.5) is 4.39 Å². The molecule has 1 saturated heterocycles. The number of carbonyl (C=O) groups excluding carboxylic acids is 1. The fraction of sp³-hybridized carbons (Fsp3) is 0.444. The first-order valence-electron chi connectivity index (χ1n) is 8.73. The molecule has 2 aromatic rings. The summed E-state index contributed by atoms with van der Waals surface area (Å²) in [6.45, 7) is 6.33. The van der Waals surface area contributed by atoms with Gasteiger partial charge in [0, 0.05) is 32.1 Å².